The van der Waals surface area contributed by atoms with Crippen LogP contribution in [0.3, 0.4) is 0 Å². The minimum atomic E-state index is -0.305. The van der Waals surface area contributed by atoms with Gasteiger partial charge in [-0.1, -0.05) is 39.0 Å². The average Bonchev–Trinajstić information content (AvgIpc) is 2.54. The van der Waals surface area contributed by atoms with E-state index in [9.17, 15) is 4.79 Å². The van der Waals surface area contributed by atoms with Crippen LogP contribution in [0.15, 0.2) is 24.3 Å². The van der Waals surface area contributed by atoms with Crippen LogP contribution < -0.4 is 0 Å². The number of aromatic nitrogens is 2. The van der Waals surface area contributed by atoms with Gasteiger partial charge >= 0.3 is 0 Å². The van der Waals surface area contributed by atoms with Crippen LogP contribution in [0.1, 0.15) is 32.3 Å². The van der Waals surface area contributed by atoms with Crippen LogP contribution in [-0.2, 0) is 11.3 Å². The summed E-state index contributed by atoms with van der Waals surface area (Å²) in [6.45, 7) is 12.0. The van der Waals surface area contributed by atoms with E-state index >= 15 is 0 Å². The highest BCUT2D eigenvalue weighted by molar-refractivity contribution is 5.81. The van der Waals surface area contributed by atoms with Gasteiger partial charge in [0.2, 0.25) is 5.91 Å². The first-order valence-corrected chi connectivity index (χ1v) is 8.58. The number of benzene rings is 1. The second-order valence-corrected chi connectivity index (χ2v) is 7.56. The normalized spacial score (nSPS) is 16.6. The minimum Gasteiger partial charge on any atom is -0.340 e. The molecule has 128 valence electrons. The van der Waals surface area contributed by atoms with E-state index in [4.69, 9.17) is 4.98 Å². The van der Waals surface area contributed by atoms with E-state index in [2.05, 4.69) is 16.0 Å². The summed E-state index contributed by atoms with van der Waals surface area (Å²) in [6.07, 6.45) is 0. The third-order valence-corrected chi connectivity index (χ3v) is 4.51. The lowest BCUT2D eigenvalue weighted by Gasteiger charge is -2.37. The average molecular weight is 326 g/mol. The third-order valence-electron chi connectivity index (χ3n) is 4.51. The molecule has 24 heavy (non-hydrogen) atoms. The Bertz CT molecular complexity index is 743. The monoisotopic (exact) mass is 326 g/mol. The fourth-order valence-electron chi connectivity index (χ4n) is 3.15. The van der Waals surface area contributed by atoms with Crippen molar-refractivity contribution in [1.29, 1.82) is 0 Å². The lowest BCUT2D eigenvalue weighted by Crippen LogP contribution is -2.51. The van der Waals surface area contributed by atoms with Crippen LogP contribution in [0.5, 0.6) is 0 Å². The Labute approximate surface area is 143 Å². The molecule has 0 atom stereocenters. The Balaban J connectivity index is 1.65. The van der Waals surface area contributed by atoms with E-state index in [0.717, 1.165) is 55.1 Å². The van der Waals surface area contributed by atoms with Crippen molar-refractivity contribution >= 4 is 16.8 Å². The highest BCUT2D eigenvalue weighted by atomic mass is 16.2. The van der Waals surface area contributed by atoms with E-state index in [-0.39, 0.29) is 11.3 Å². The van der Waals surface area contributed by atoms with Crippen molar-refractivity contribution in [2.75, 3.05) is 26.2 Å². The number of carbonyl (C=O) groups excluding carboxylic acids is 1. The van der Waals surface area contributed by atoms with Gasteiger partial charge in [0.05, 0.1) is 12.1 Å². The number of hydrogen-bond donors (Lipinski definition) is 0. The molecule has 5 heteroatoms. The molecule has 1 aromatic heterocycles. The second kappa shape index (κ2) is 6.48. The van der Waals surface area contributed by atoms with Crippen molar-refractivity contribution in [3.05, 3.63) is 35.8 Å². The molecule has 1 aliphatic heterocycles. The molecule has 0 unspecified atom stereocenters. The van der Waals surface area contributed by atoms with E-state index < -0.39 is 0 Å². The number of piperazine rings is 1. The van der Waals surface area contributed by atoms with Crippen LogP contribution >= 0.6 is 0 Å². The lowest BCUT2D eigenvalue weighted by atomic mass is 9.94. The zero-order valence-electron chi connectivity index (χ0n) is 15.0. The molecule has 1 saturated heterocycles. The molecular weight excluding hydrogens is 300 g/mol. The van der Waals surface area contributed by atoms with Gasteiger partial charge in [0, 0.05) is 42.7 Å². The predicted molar refractivity (Wildman–Crippen MR) is 95.6 cm³/mol. The Hall–Kier alpha value is -2.01. The molecule has 1 aromatic carbocycles. The number of rotatable bonds is 2. The Morgan fingerprint density at radius 3 is 2.42 bits per heavy atom. The largest absolute Gasteiger partial charge is 0.340 e. The summed E-state index contributed by atoms with van der Waals surface area (Å²) in [4.78, 5) is 26.0. The molecule has 0 N–H and O–H groups in total. The van der Waals surface area contributed by atoms with Gasteiger partial charge in [-0.2, -0.15) is 0 Å². The molecule has 0 bridgehead atoms. The number of amides is 1. The molecule has 1 amide bonds. The fourth-order valence-corrected chi connectivity index (χ4v) is 3.15. The molecule has 0 radical (unpaired) electrons. The van der Waals surface area contributed by atoms with Crippen molar-refractivity contribution in [1.82, 2.24) is 19.8 Å². The summed E-state index contributed by atoms with van der Waals surface area (Å²) >= 11 is 0. The molecular formula is C19H26N4O. The van der Waals surface area contributed by atoms with E-state index in [1.807, 2.05) is 50.8 Å². The summed E-state index contributed by atoms with van der Waals surface area (Å²) in [5.41, 5.74) is 1.72. The summed E-state index contributed by atoms with van der Waals surface area (Å²) in [5, 5.41) is 1.11. The highest BCUT2D eigenvalue weighted by Gasteiger charge is 2.29. The summed E-state index contributed by atoms with van der Waals surface area (Å²) in [6, 6.07) is 8.12. The molecule has 0 spiro atoms. The first kappa shape index (κ1) is 16.8. The zero-order valence-corrected chi connectivity index (χ0v) is 15.0. The van der Waals surface area contributed by atoms with Crippen LogP contribution in [-0.4, -0.2) is 51.9 Å². The Morgan fingerprint density at radius 1 is 1.08 bits per heavy atom. The maximum absolute atomic E-state index is 12.4. The number of para-hydroxylation sites is 1. The number of fused-ring (bicyclic) bond motifs is 1. The maximum Gasteiger partial charge on any atom is 0.228 e. The Kier molecular flexibility index (Phi) is 4.54. The lowest BCUT2D eigenvalue weighted by molar-refractivity contribution is -0.141. The van der Waals surface area contributed by atoms with Gasteiger partial charge in [-0.05, 0) is 13.0 Å². The molecule has 1 fully saturated rings. The standard InChI is InChI=1S/C19H26N4O/c1-14-15-7-5-6-8-16(15)21-17(20-14)13-22-9-11-23(12-10-22)18(24)19(2,3)4/h5-8H,9-13H2,1-4H3. The van der Waals surface area contributed by atoms with Crippen molar-refractivity contribution in [2.24, 2.45) is 5.41 Å². The first-order chi connectivity index (χ1) is 11.3. The van der Waals surface area contributed by atoms with Crippen molar-refractivity contribution < 1.29 is 4.79 Å². The summed E-state index contributed by atoms with van der Waals surface area (Å²) in [5.74, 6) is 1.10. The maximum atomic E-state index is 12.4. The molecule has 0 aliphatic carbocycles. The van der Waals surface area contributed by atoms with E-state index in [1.165, 1.54) is 0 Å². The van der Waals surface area contributed by atoms with E-state index in [1.54, 1.807) is 0 Å². The minimum absolute atomic E-state index is 0.236. The van der Waals surface area contributed by atoms with Crippen LogP contribution in [0.25, 0.3) is 10.9 Å². The van der Waals surface area contributed by atoms with Gasteiger partial charge in [-0.3, -0.25) is 9.69 Å². The molecule has 1 aliphatic rings. The van der Waals surface area contributed by atoms with Gasteiger partial charge in [0.1, 0.15) is 5.82 Å². The molecule has 2 aromatic rings. The number of nitrogens with zero attached hydrogens (tertiary/aromatic N) is 4. The van der Waals surface area contributed by atoms with Gasteiger partial charge < -0.3 is 4.90 Å². The van der Waals surface area contributed by atoms with Gasteiger partial charge in [-0.25, -0.2) is 9.97 Å². The van der Waals surface area contributed by atoms with Gasteiger partial charge in [-0.15, -0.1) is 0 Å². The predicted octanol–water partition coefficient (Wildman–Crippen LogP) is 2.63. The van der Waals surface area contributed by atoms with Crippen LogP contribution in [0.4, 0.5) is 0 Å². The summed E-state index contributed by atoms with van der Waals surface area (Å²) in [7, 11) is 0. The SMILES string of the molecule is Cc1nc(CN2CCN(C(=O)C(C)(C)C)CC2)nc2ccccc12. The van der Waals surface area contributed by atoms with Crippen molar-refractivity contribution in [3.8, 4) is 0 Å². The van der Waals surface area contributed by atoms with Crippen LogP contribution in [0, 0.1) is 12.3 Å². The third kappa shape index (κ3) is 3.56. The van der Waals surface area contributed by atoms with E-state index in [0.29, 0.717) is 0 Å². The summed E-state index contributed by atoms with van der Waals surface area (Å²) < 4.78 is 0. The molecule has 0 saturated carbocycles. The topological polar surface area (TPSA) is 49.3 Å². The molecule has 2 heterocycles. The molecule has 3 rings (SSSR count). The van der Waals surface area contributed by atoms with Gasteiger partial charge in [0.15, 0.2) is 0 Å². The van der Waals surface area contributed by atoms with Crippen LogP contribution in [0.2, 0.25) is 0 Å². The molecule has 5 nitrogen and oxygen atoms in total. The van der Waals surface area contributed by atoms with Gasteiger partial charge in [0.25, 0.3) is 0 Å². The van der Waals surface area contributed by atoms with Crippen molar-refractivity contribution in [2.45, 2.75) is 34.2 Å². The number of aryl methyl sites for hydroxylation is 1. The number of carbonyl (C=O) groups is 1. The number of hydrogen-bond acceptors (Lipinski definition) is 4. The fraction of sp³-hybridized carbons (Fsp3) is 0.526. The Morgan fingerprint density at radius 2 is 1.75 bits per heavy atom. The second-order valence-electron chi connectivity index (χ2n) is 7.56. The van der Waals surface area contributed by atoms with Crippen molar-refractivity contribution in [3.63, 3.8) is 0 Å². The smallest absolute Gasteiger partial charge is 0.228 e. The highest BCUT2D eigenvalue weighted by Crippen LogP contribution is 2.19. The zero-order chi connectivity index (χ0) is 17.3. The quantitative estimate of drug-likeness (QED) is 0.851. The first-order valence-electron chi connectivity index (χ1n) is 8.58.